The zero-order valence-electron chi connectivity index (χ0n) is 18.6. The number of benzene rings is 1. The van der Waals surface area contributed by atoms with Gasteiger partial charge in [0.25, 0.3) is 0 Å². The first-order valence-electron chi connectivity index (χ1n) is 10.8. The van der Waals surface area contributed by atoms with E-state index in [9.17, 15) is 0 Å². The van der Waals surface area contributed by atoms with Crippen molar-refractivity contribution in [2.24, 2.45) is 4.99 Å². The third-order valence-corrected chi connectivity index (χ3v) is 5.21. The molecule has 0 saturated carbocycles. The standard InChI is InChI=1S/C24H34N4O3/c1-19(2)17-26-24(25-11-10-22-5-4-14-31-22)27-18-23(28-12-15-30-16-13-28)20-6-8-21(29-3)9-7-20/h4-9,14,23H,1,10-13,15-18H2,2-3H3,(H2,25,26,27). The molecule has 0 aliphatic carbocycles. The van der Waals surface area contributed by atoms with Gasteiger partial charge in [-0.05, 0) is 36.8 Å². The Hall–Kier alpha value is -2.77. The van der Waals surface area contributed by atoms with E-state index >= 15 is 0 Å². The first-order valence-corrected chi connectivity index (χ1v) is 10.8. The average molecular weight is 427 g/mol. The molecule has 1 fully saturated rings. The highest BCUT2D eigenvalue weighted by Gasteiger charge is 2.22. The molecule has 1 atom stereocenters. The summed E-state index contributed by atoms with van der Waals surface area (Å²) in [5, 5.41) is 6.79. The third-order valence-electron chi connectivity index (χ3n) is 5.21. The van der Waals surface area contributed by atoms with Gasteiger partial charge in [0, 0.05) is 32.6 Å². The minimum absolute atomic E-state index is 0.170. The first-order chi connectivity index (χ1) is 15.2. The topological polar surface area (TPSA) is 71.3 Å². The van der Waals surface area contributed by atoms with Gasteiger partial charge in [-0.2, -0.15) is 0 Å². The zero-order chi connectivity index (χ0) is 21.9. The van der Waals surface area contributed by atoms with E-state index in [4.69, 9.17) is 18.9 Å². The summed E-state index contributed by atoms with van der Waals surface area (Å²) in [6.45, 7) is 11.3. The number of hydrogen-bond acceptors (Lipinski definition) is 5. The lowest BCUT2D eigenvalue weighted by Gasteiger charge is -2.34. The van der Waals surface area contributed by atoms with Crippen molar-refractivity contribution in [3.05, 3.63) is 66.1 Å². The number of nitrogens with zero attached hydrogens (tertiary/aromatic N) is 2. The van der Waals surface area contributed by atoms with Gasteiger partial charge in [0.05, 0.1) is 39.2 Å². The molecular formula is C24H34N4O3. The van der Waals surface area contributed by atoms with E-state index in [1.807, 2.05) is 31.2 Å². The average Bonchev–Trinajstić information content (AvgIpc) is 3.31. The van der Waals surface area contributed by atoms with Crippen LogP contribution in [0.5, 0.6) is 5.75 Å². The maximum Gasteiger partial charge on any atom is 0.191 e. The molecule has 1 aliphatic rings. The van der Waals surface area contributed by atoms with Gasteiger partial charge in [-0.25, -0.2) is 0 Å². The Morgan fingerprint density at radius 2 is 1.97 bits per heavy atom. The van der Waals surface area contributed by atoms with E-state index in [1.165, 1.54) is 5.56 Å². The number of furan rings is 1. The maximum absolute atomic E-state index is 5.56. The molecule has 168 valence electrons. The third kappa shape index (κ3) is 7.45. The Morgan fingerprint density at radius 3 is 2.61 bits per heavy atom. The summed E-state index contributed by atoms with van der Waals surface area (Å²) < 4.78 is 16.3. The number of guanidine groups is 1. The molecule has 3 rings (SSSR count). The molecule has 1 saturated heterocycles. The molecule has 1 unspecified atom stereocenters. The number of hydrogen-bond donors (Lipinski definition) is 2. The highest BCUT2D eigenvalue weighted by atomic mass is 16.5. The molecule has 7 heteroatoms. The number of rotatable bonds is 10. The number of morpholine rings is 1. The summed E-state index contributed by atoms with van der Waals surface area (Å²) in [7, 11) is 1.69. The molecule has 1 aliphatic heterocycles. The van der Waals surface area contributed by atoms with Gasteiger partial charge in [0.1, 0.15) is 11.5 Å². The Kier molecular flexibility index (Phi) is 8.99. The molecule has 0 bridgehead atoms. The molecule has 2 N–H and O–H groups in total. The molecule has 0 amide bonds. The molecule has 31 heavy (non-hydrogen) atoms. The fourth-order valence-corrected chi connectivity index (χ4v) is 3.49. The summed E-state index contributed by atoms with van der Waals surface area (Å²) in [6, 6.07) is 12.3. The molecule has 2 aromatic rings. The molecule has 2 heterocycles. The van der Waals surface area contributed by atoms with Crippen LogP contribution >= 0.6 is 0 Å². The van der Waals surface area contributed by atoms with Crippen LogP contribution < -0.4 is 15.4 Å². The lowest BCUT2D eigenvalue weighted by molar-refractivity contribution is 0.0179. The van der Waals surface area contributed by atoms with Crippen LogP contribution in [0, 0.1) is 0 Å². The van der Waals surface area contributed by atoms with Crippen LogP contribution in [0.15, 0.2) is 64.2 Å². The van der Waals surface area contributed by atoms with Crippen LogP contribution in [0.4, 0.5) is 0 Å². The SMILES string of the molecule is C=C(C)CNC(=NCC(c1ccc(OC)cc1)N1CCOCC1)NCCc1ccco1. The van der Waals surface area contributed by atoms with Crippen molar-refractivity contribution < 1.29 is 13.9 Å². The van der Waals surface area contributed by atoms with E-state index in [0.717, 1.165) is 62.3 Å². The van der Waals surface area contributed by atoms with E-state index < -0.39 is 0 Å². The summed E-state index contributed by atoms with van der Waals surface area (Å²) >= 11 is 0. The van der Waals surface area contributed by atoms with Gasteiger partial charge < -0.3 is 24.5 Å². The van der Waals surface area contributed by atoms with Crippen molar-refractivity contribution in [1.29, 1.82) is 0 Å². The quantitative estimate of drug-likeness (QED) is 0.346. The van der Waals surface area contributed by atoms with Crippen molar-refractivity contribution in [1.82, 2.24) is 15.5 Å². The summed E-state index contributed by atoms with van der Waals surface area (Å²) in [5.74, 6) is 2.59. The summed E-state index contributed by atoms with van der Waals surface area (Å²) in [5.41, 5.74) is 2.28. The lowest BCUT2D eigenvalue weighted by Crippen LogP contribution is -2.42. The van der Waals surface area contributed by atoms with Crippen LogP contribution in [0.25, 0.3) is 0 Å². The van der Waals surface area contributed by atoms with Crippen molar-refractivity contribution in [3.8, 4) is 5.75 Å². The zero-order valence-corrected chi connectivity index (χ0v) is 18.6. The highest BCUT2D eigenvalue weighted by Crippen LogP contribution is 2.24. The van der Waals surface area contributed by atoms with E-state index in [0.29, 0.717) is 13.1 Å². The monoisotopic (exact) mass is 426 g/mol. The Labute approximate surface area is 185 Å². The Morgan fingerprint density at radius 1 is 1.19 bits per heavy atom. The second-order valence-electron chi connectivity index (χ2n) is 7.69. The van der Waals surface area contributed by atoms with Crippen LogP contribution in [0.1, 0.15) is 24.3 Å². The van der Waals surface area contributed by atoms with Crippen molar-refractivity contribution in [3.63, 3.8) is 0 Å². The highest BCUT2D eigenvalue weighted by molar-refractivity contribution is 5.80. The smallest absolute Gasteiger partial charge is 0.191 e. The first kappa shape index (κ1) is 22.9. The van der Waals surface area contributed by atoms with Crippen LogP contribution in [0.2, 0.25) is 0 Å². The van der Waals surface area contributed by atoms with Gasteiger partial charge >= 0.3 is 0 Å². The van der Waals surface area contributed by atoms with E-state index in [2.05, 4.69) is 34.2 Å². The largest absolute Gasteiger partial charge is 0.497 e. The van der Waals surface area contributed by atoms with E-state index in [-0.39, 0.29) is 6.04 Å². The molecular weight excluding hydrogens is 392 g/mol. The van der Waals surface area contributed by atoms with E-state index in [1.54, 1.807) is 13.4 Å². The maximum atomic E-state index is 5.56. The van der Waals surface area contributed by atoms with Crippen LogP contribution in [0.3, 0.4) is 0 Å². The van der Waals surface area contributed by atoms with Gasteiger partial charge in [0.15, 0.2) is 5.96 Å². The minimum Gasteiger partial charge on any atom is -0.497 e. The normalized spacial score (nSPS) is 16.0. The number of ether oxygens (including phenoxy) is 2. The fourth-order valence-electron chi connectivity index (χ4n) is 3.49. The van der Waals surface area contributed by atoms with Crippen LogP contribution in [-0.4, -0.2) is 63.9 Å². The predicted molar refractivity (Wildman–Crippen MR) is 124 cm³/mol. The predicted octanol–water partition coefficient (Wildman–Crippen LogP) is 3.02. The van der Waals surface area contributed by atoms with Crippen LogP contribution in [-0.2, 0) is 11.2 Å². The van der Waals surface area contributed by atoms with Crippen molar-refractivity contribution in [2.75, 3.05) is 53.0 Å². The molecule has 1 aromatic heterocycles. The number of aliphatic imine (C=N–C) groups is 1. The molecule has 0 radical (unpaired) electrons. The molecule has 0 spiro atoms. The van der Waals surface area contributed by atoms with Gasteiger partial charge in [-0.3, -0.25) is 9.89 Å². The summed E-state index contributed by atoms with van der Waals surface area (Å²) in [6.07, 6.45) is 2.50. The fraction of sp³-hybridized carbons (Fsp3) is 0.458. The Bertz CT molecular complexity index is 812. The second-order valence-corrected chi connectivity index (χ2v) is 7.69. The van der Waals surface area contributed by atoms with Gasteiger partial charge in [0.2, 0.25) is 0 Å². The minimum atomic E-state index is 0.170. The number of nitrogens with one attached hydrogen (secondary N) is 2. The molecule has 7 nitrogen and oxygen atoms in total. The van der Waals surface area contributed by atoms with Crippen molar-refractivity contribution >= 4 is 5.96 Å². The lowest BCUT2D eigenvalue weighted by atomic mass is 10.0. The van der Waals surface area contributed by atoms with Crippen molar-refractivity contribution in [2.45, 2.75) is 19.4 Å². The van der Waals surface area contributed by atoms with Gasteiger partial charge in [-0.15, -0.1) is 0 Å². The second kappa shape index (κ2) is 12.2. The van der Waals surface area contributed by atoms with Gasteiger partial charge in [-0.1, -0.05) is 24.3 Å². The Balaban J connectivity index is 1.70. The number of methoxy groups -OCH3 is 1. The molecule has 1 aromatic carbocycles. The summed E-state index contributed by atoms with van der Waals surface area (Å²) in [4.78, 5) is 7.36.